The standard InChI is InChI=1S/C8H16ClNO3S/c9-3-5-14(11,12)10-6-8-2-1-4-13-7-8/h8,10H,1-7H2. The molecule has 0 amide bonds. The monoisotopic (exact) mass is 241 g/mol. The summed E-state index contributed by atoms with van der Waals surface area (Å²) in [4.78, 5) is 0. The van der Waals surface area contributed by atoms with Gasteiger partial charge in [-0.05, 0) is 18.8 Å². The zero-order chi connectivity index (χ0) is 10.4. The minimum absolute atomic E-state index is 0.0118. The van der Waals surface area contributed by atoms with Gasteiger partial charge in [0, 0.05) is 19.0 Å². The van der Waals surface area contributed by atoms with Gasteiger partial charge in [0.2, 0.25) is 10.0 Å². The highest BCUT2D eigenvalue weighted by molar-refractivity contribution is 7.89. The fourth-order valence-corrected chi connectivity index (χ4v) is 2.83. The molecule has 84 valence electrons. The van der Waals surface area contributed by atoms with E-state index in [1.165, 1.54) is 0 Å². The van der Waals surface area contributed by atoms with Gasteiger partial charge < -0.3 is 4.74 Å². The fraction of sp³-hybridized carbons (Fsp3) is 1.00. The average molecular weight is 242 g/mol. The van der Waals surface area contributed by atoms with E-state index in [0.717, 1.165) is 19.4 Å². The van der Waals surface area contributed by atoms with Crippen molar-refractivity contribution in [3.63, 3.8) is 0 Å². The summed E-state index contributed by atoms with van der Waals surface area (Å²) in [5.41, 5.74) is 0. The number of hydrogen-bond acceptors (Lipinski definition) is 3. The first-order chi connectivity index (χ1) is 6.64. The van der Waals surface area contributed by atoms with Crippen molar-refractivity contribution >= 4 is 21.6 Å². The molecule has 0 aromatic heterocycles. The zero-order valence-corrected chi connectivity index (χ0v) is 9.61. The Morgan fingerprint density at radius 1 is 1.50 bits per heavy atom. The van der Waals surface area contributed by atoms with Crippen molar-refractivity contribution in [3.8, 4) is 0 Å². The predicted octanol–water partition coefficient (Wildman–Crippen LogP) is 0.571. The summed E-state index contributed by atoms with van der Waals surface area (Å²) in [5, 5.41) is 0. The molecule has 1 aliphatic heterocycles. The second-order valence-corrected chi connectivity index (χ2v) is 5.74. The molecule has 0 aliphatic carbocycles. The van der Waals surface area contributed by atoms with Gasteiger partial charge in [-0.2, -0.15) is 0 Å². The summed E-state index contributed by atoms with van der Waals surface area (Å²) < 4.78 is 30.3. The summed E-state index contributed by atoms with van der Waals surface area (Å²) >= 11 is 5.36. The van der Waals surface area contributed by atoms with Crippen molar-refractivity contribution in [2.45, 2.75) is 12.8 Å². The number of hydrogen-bond donors (Lipinski definition) is 1. The number of halogens is 1. The molecular weight excluding hydrogens is 226 g/mol. The van der Waals surface area contributed by atoms with Gasteiger partial charge in [-0.3, -0.25) is 0 Å². The maximum absolute atomic E-state index is 11.2. The number of nitrogens with one attached hydrogen (secondary N) is 1. The number of alkyl halides is 1. The number of sulfonamides is 1. The van der Waals surface area contributed by atoms with E-state index in [0.29, 0.717) is 19.1 Å². The van der Waals surface area contributed by atoms with E-state index in [4.69, 9.17) is 16.3 Å². The lowest BCUT2D eigenvalue weighted by molar-refractivity contribution is 0.0568. The van der Waals surface area contributed by atoms with E-state index in [2.05, 4.69) is 4.72 Å². The van der Waals surface area contributed by atoms with Crippen LogP contribution in [0.1, 0.15) is 12.8 Å². The predicted molar refractivity (Wildman–Crippen MR) is 56.1 cm³/mol. The Balaban J connectivity index is 2.24. The van der Waals surface area contributed by atoms with Crippen LogP contribution in [0.3, 0.4) is 0 Å². The van der Waals surface area contributed by atoms with E-state index < -0.39 is 10.0 Å². The molecule has 1 saturated heterocycles. The highest BCUT2D eigenvalue weighted by Crippen LogP contribution is 2.12. The van der Waals surface area contributed by atoms with Crippen LogP contribution in [0.5, 0.6) is 0 Å². The normalized spacial score (nSPS) is 23.6. The molecule has 1 rings (SSSR count). The van der Waals surface area contributed by atoms with Gasteiger partial charge in [0.25, 0.3) is 0 Å². The fourth-order valence-electron chi connectivity index (χ4n) is 1.39. The Hall–Kier alpha value is 0.160. The SMILES string of the molecule is O=S(=O)(CCCl)NCC1CCCOC1. The second-order valence-electron chi connectivity index (χ2n) is 3.44. The Morgan fingerprint density at radius 3 is 2.86 bits per heavy atom. The Bertz CT molecular complexity index is 249. The van der Waals surface area contributed by atoms with Crippen molar-refractivity contribution in [1.82, 2.24) is 4.72 Å². The van der Waals surface area contributed by atoms with Crippen LogP contribution in [0, 0.1) is 5.92 Å². The van der Waals surface area contributed by atoms with Gasteiger partial charge in [0.15, 0.2) is 0 Å². The molecule has 14 heavy (non-hydrogen) atoms. The van der Waals surface area contributed by atoms with Gasteiger partial charge in [-0.25, -0.2) is 13.1 Å². The summed E-state index contributed by atoms with van der Waals surface area (Å²) in [6.07, 6.45) is 2.05. The van der Waals surface area contributed by atoms with E-state index in [1.54, 1.807) is 0 Å². The van der Waals surface area contributed by atoms with E-state index in [9.17, 15) is 8.42 Å². The van der Waals surface area contributed by atoms with Crippen molar-refractivity contribution in [1.29, 1.82) is 0 Å². The van der Waals surface area contributed by atoms with Crippen LogP contribution in [-0.2, 0) is 14.8 Å². The van der Waals surface area contributed by atoms with Crippen LogP contribution in [0.25, 0.3) is 0 Å². The molecule has 0 spiro atoms. The molecular formula is C8H16ClNO3S. The van der Waals surface area contributed by atoms with Crippen LogP contribution in [-0.4, -0.2) is 39.8 Å². The molecule has 1 heterocycles. The Labute approximate surface area is 90.0 Å². The minimum Gasteiger partial charge on any atom is -0.381 e. The maximum Gasteiger partial charge on any atom is 0.212 e. The third kappa shape index (κ3) is 4.59. The molecule has 0 aromatic carbocycles. The molecule has 1 N–H and O–H groups in total. The molecule has 0 bridgehead atoms. The molecule has 1 fully saturated rings. The van der Waals surface area contributed by atoms with Gasteiger partial charge in [-0.1, -0.05) is 0 Å². The summed E-state index contributed by atoms with van der Waals surface area (Å²) in [6, 6.07) is 0. The first kappa shape index (κ1) is 12.2. The van der Waals surface area contributed by atoms with Gasteiger partial charge >= 0.3 is 0 Å². The molecule has 1 unspecified atom stereocenters. The lowest BCUT2D eigenvalue weighted by Crippen LogP contribution is -2.34. The average Bonchev–Trinajstić information content (AvgIpc) is 2.17. The quantitative estimate of drug-likeness (QED) is 0.716. The summed E-state index contributed by atoms with van der Waals surface area (Å²) in [7, 11) is -3.17. The molecule has 0 saturated carbocycles. The van der Waals surface area contributed by atoms with Crippen LogP contribution < -0.4 is 4.72 Å². The van der Waals surface area contributed by atoms with Crippen molar-refractivity contribution in [2.24, 2.45) is 5.92 Å². The topological polar surface area (TPSA) is 55.4 Å². The lowest BCUT2D eigenvalue weighted by Gasteiger charge is -2.21. The molecule has 6 heteroatoms. The van der Waals surface area contributed by atoms with E-state index >= 15 is 0 Å². The van der Waals surface area contributed by atoms with Crippen LogP contribution in [0.4, 0.5) is 0 Å². The van der Waals surface area contributed by atoms with E-state index in [-0.39, 0.29) is 11.6 Å². The highest BCUT2D eigenvalue weighted by atomic mass is 35.5. The Morgan fingerprint density at radius 2 is 2.29 bits per heavy atom. The summed E-state index contributed by atoms with van der Waals surface area (Å²) in [6.45, 7) is 1.92. The molecule has 0 radical (unpaired) electrons. The minimum atomic E-state index is -3.17. The molecule has 1 atom stereocenters. The maximum atomic E-state index is 11.2. The Kier molecular flexibility index (Phi) is 5.15. The number of rotatable bonds is 5. The van der Waals surface area contributed by atoms with Crippen molar-refractivity contribution in [2.75, 3.05) is 31.4 Å². The molecule has 4 nitrogen and oxygen atoms in total. The summed E-state index contributed by atoms with van der Waals surface area (Å²) in [5.74, 6) is 0.437. The molecule has 0 aromatic rings. The van der Waals surface area contributed by atoms with Gasteiger partial charge in [0.1, 0.15) is 0 Å². The first-order valence-electron chi connectivity index (χ1n) is 4.75. The van der Waals surface area contributed by atoms with Gasteiger partial charge in [-0.15, -0.1) is 11.6 Å². The third-order valence-corrected chi connectivity index (χ3v) is 3.95. The first-order valence-corrected chi connectivity index (χ1v) is 6.94. The van der Waals surface area contributed by atoms with Crippen LogP contribution in [0.15, 0.2) is 0 Å². The van der Waals surface area contributed by atoms with Crippen LogP contribution >= 0.6 is 11.6 Å². The smallest absolute Gasteiger partial charge is 0.212 e. The largest absolute Gasteiger partial charge is 0.381 e. The van der Waals surface area contributed by atoms with E-state index in [1.807, 2.05) is 0 Å². The lowest BCUT2D eigenvalue weighted by atomic mass is 10.0. The van der Waals surface area contributed by atoms with Crippen LogP contribution in [0.2, 0.25) is 0 Å². The van der Waals surface area contributed by atoms with Crippen molar-refractivity contribution < 1.29 is 13.2 Å². The second kappa shape index (κ2) is 5.90. The van der Waals surface area contributed by atoms with Crippen molar-refractivity contribution in [3.05, 3.63) is 0 Å². The molecule has 1 aliphatic rings. The third-order valence-electron chi connectivity index (χ3n) is 2.19. The highest BCUT2D eigenvalue weighted by Gasteiger charge is 2.16. The van der Waals surface area contributed by atoms with Gasteiger partial charge in [0.05, 0.1) is 12.4 Å². The number of ether oxygens (including phenoxy) is 1. The zero-order valence-electron chi connectivity index (χ0n) is 8.04.